The maximum Gasteiger partial charge on any atom is 0.317 e. The maximum atomic E-state index is 12.2. The summed E-state index contributed by atoms with van der Waals surface area (Å²) in [4.78, 5) is 20.6. The van der Waals surface area contributed by atoms with Crippen LogP contribution < -0.4 is 5.32 Å². The van der Waals surface area contributed by atoms with Crippen LogP contribution in [0.1, 0.15) is 18.9 Å². The van der Waals surface area contributed by atoms with Gasteiger partial charge in [0.25, 0.3) is 0 Å². The first-order valence-electron chi connectivity index (χ1n) is 8.21. The topological polar surface area (TPSA) is 48.5 Å². The van der Waals surface area contributed by atoms with Crippen LogP contribution in [0.4, 0.5) is 4.79 Å². The van der Waals surface area contributed by atoms with Crippen LogP contribution in [0.3, 0.4) is 0 Å². The lowest BCUT2D eigenvalue weighted by atomic mass is 10.1. The number of rotatable bonds is 7. The van der Waals surface area contributed by atoms with Crippen molar-refractivity contribution < 1.29 is 4.79 Å². The van der Waals surface area contributed by atoms with Gasteiger partial charge in [-0.1, -0.05) is 13.0 Å². The first-order chi connectivity index (χ1) is 11.1. The van der Waals surface area contributed by atoms with E-state index in [1.165, 1.54) is 5.56 Å². The molecule has 6 heteroatoms. The molecule has 0 aliphatic carbocycles. The minimum Gasteiger partial charge on any atom is -0.337 e. The Morgan fingerprint density at radius 2 is 2.43 bits per heavy atom. The lowest BCUT2D eigenvalue weighted by molar-refractivity contribution is 0.204. The molecular formula is C17H28N4OS. The van der Waals surface area contributed by atoms with E-state index in [0.29, 0.717) is 11.2 Å². The molecule has 2 atom stereocenters. The van der Waals surface area contributed by atoms with Crippen LogP contribution in [0.25, 0.3) is 0 Å². The van der Waals surface area contributed by atoms with Crippen molar-refractivity contribution in [1.29, 1.82) is 0 Å². The third kappa shape index (κ3) is 6.03. The molecule has 0 spiro atoms. The number of hydrogen-bond donors (Lipinski definition) is 1. The molecular weight excluding hydrogens is 308 g/mol. The Kier molecular flexibility index (Phi) is 7.17. The highest BCUT2D eigenvalue weighted by Gasteiger charge is 2.27. The molecule has 1 aliphatic heterocycles. The smallest absolute Gasteiger partial charge is 0.317 e. The minimum absolute atomic E-state index is 0.0864. The molecule has 1 N–H and O–H groups in total. The van der Waals surface area contributed by atoms with E-state index in [4.69, 9.17) is 0 Å². The Balaban J connectivity index is 1.71. The minimum atomic E-state index is 0.0864. The van der Waals surface area contributed by atoms with Crippen molar-refractivity contribution in [3.63, 3.8) is 0 Å². The molecule has 0 unspecified atom stereocenters. The second kappa shape index (κ2) is 9.13. The van der Waals surface area contributed by atoms with Crippen LogP contribution in [0.15, 0.2) is 24.5 Å². The quantitative estimate of drug-likeness (QED) is 0.830. The van der Waals surface area contributed by atoms with E-state index >= 15 is 0 Å². The van der Waals surface area contributed by atoms with Crippen LogP contribution in [0.2, 0.25) is 0 Å². The van der Waals surface area contributed by atoms with Gasteiger partial charge in [-0.05, 0) is 37.3 Å². The van der Waals surface area contributed by atoms with Gasteiger partial charge in [-0.3, -0.25) is 4.98 Å². The van der Waals surface area contributed by atoms with E-state index in [1.54, 1.807) is 18.0 Å². The Hall–Kier alpha value is -1.27. The van der Waals surface area contributed by atoms with Crippen LogP contribution in [0.5, 0.6) is 0 Å². The first-order valence-corrected chi connectivity index (χ1v) is 9.50. The number of urea groups is 1. The summed E-state index contributed by atoms with van der Waals surface area (Å²) in [6.45, 7) is 6.51. The van der Waals surface area contributed by atoms with E-state index in [9.17, 15) is 4.79 Å². The molecule has 1 saturated heterocycles. The monoisotopic (exact) mass is 336 g/mol. The van der Waals surface area contributed by atoms with Crippen molar-refractivity contribution >= 4 is 17.8 Å². The number of amides is 2. The fourth-order valence-corrected chi connectivity index (χ4v) is 3.15. The Morgan fingerprint density at radius 1 is 1.61 bits per heavy atom. The predicted molar refractivity (Wildman–Crippen MR) is 96.6 cm³/mol. The molecule has 1 aromatic rings. The summed E-state index contributed by atoms with van der Waals surface area (Å²) in [5.74, 6) is 0.556. The number of carbonyl (C=O) groups excluding carboxylic acids is 1. The van der Waals surface area contributed by atoms with E-state index < -0.39 is 0 Å². The highest BCUT2D eigenvalue weighted by Crippen LogP contribution is 2.18. The van der Waals surface area contributed by atoms with Gasteiger partial charge < -0.3 is 15.1 Å². The largest absolute Gasteiger partial charge is 0.337 e. The average Bonchev–Trinajstić information content (AvgIpc) is 3.01. The number of carbonyl (C=O) groups is 1. The van der Waals surface area contributed by atoms with Crippen molar-refractivity contribution in [1.82, 2.24) is 20.1 Å². The molecule has 23 heavy (non-hydrogen) atoms. The lowest BCUT2D eigenvalue weighted by Crippen LogP contribution is -2.41. The Morgan fingerprint density at radius 3 is 3.13 bits per heavy atom. The van der Waals surface area contributed by atoms with Gasteiger partial charge in [0.1, 0.15) is 0 Å². The zero-order chi connectivity index (χ0) is 16.7. The summed E-state index contributed by atoms with van der Waals surface area (Å²) in [6, 6.07) is 4.16. The first kappa shape index (κ1) is 18.1. The van der Waals surface area contributed by atoms with Gasteiger partial charge in [0, 0.05) is 50.4 Å². The van der Waals surface area contributed by atoms with E-state index in [2.05, 4.69) is 41.5 Å². The molecule has 2 rings (SSSR count). The second-order valence-electron chi connectivity index (χ2n) is 6.39. The summed E-state index contributed by atoms with van der Waals surface area (Å²) < 4.78 is 0. The summed E-state index contributed by atoms with van der Waals surface area (Å²) >= 11 is 1.77. The van der Waals surface area contributed by atoms with E-state index in [0.717, 1.165) is 39.1 Å². The summed E-state index contributed by atoms with van der Waals surface area (Å²) in [6.07, 6.45) is 6.87. The molecule has 0 radical (unpaired) electrons. The average molecular weight is 337 g/mol. The van der Waals surface area contributed by atoms with Gasteiger partial charge in [0.05, 0.1) is 0 Å². The number of aromatic nitrogens is 1. The van der Waals surface area contributed by atoms with Crippen molar-refractivity contribution in [2.45, 2.75) is 25.1 Å². The third-order valence-corrected chi connectivity index (χ3v) is 5.23. The van der Waals surface area contributed by atoms with Crippen LogP contribution in [-0.2, 0) is 6.54 Å². The second-order valence-corrected chi connectivity index (χ2v) is 7.67. The van der Waals surface area contributed by atoms with E-state index in [-0.39, 0.29) is 6.03 Å². The van der Waals surface area contributed by atoms with Crippen molar-refractivity contribution in [2.75, 3.05) is 39.5 Å². The van der Waals surface area contributed by atoms with Gasteiger partial charge in [0.15, 0.2) is 0 Å². The standard InChI is InChI=1S/C17H28N4OS/c1-14(23-3)9-19-17(22)21-8-6-16(13-21)12-20(2)11-15-5-4-7-18-10-15/h4-5,7,10,14,16H,6,8-9,11-13H2,1-3H3,(H,19,22)/t14-,16-/m0/s1. The number of nitrogens with one attached hydrogen (secondary N) is 1. The van der Waals surface area contributed by atoms with Crippen molar-refractivity contribution in [3.8, 4) is 0 Å². The summed E-state index contributed by atoms with van der Waals surface area (Å²) in [7, 11) is 2.13. The van der Waals surface area contributed by atoms with Gasteiger partial charge in [-0.2, -0.15) is 11.8 Å². The van der Waals surface area contributed by atoms with Crippen LogP contribution in [0, 0.1) is 5.92 Å². The van der Waals surface area contributed by atoms with E-state index in [1.807, 2.05) is 17.2 Å². The normalized spacial score (nSPS) is 19.1. The SMILES string of the molecule is CS[C@@H](C)CNC(=O)N1CC[C@@H](CN(C)Cc2cccnc2)C1. The molecule has 0 aromatic carbocycles. The molecule has 0 bridgehead atoms. The number of nitrogens with zero attached hydrogens (tertiary/aromatic N) is 3. The molecule has 0 saturated carbocycles. The van der Waals surface area contributed by atoms with Crippen molar-refractivity contribution in [3.05, 3.63) is 30.1 Å². The predicted octanol–water partition coefficient (Wildman–Crippen LogP) is 2.30. The number of pyridine rings is 1. The van der Waals surface area contributed by atoms with Gasteiger partial charge in [0.2, 0.25) is 0 Å². The molecule has 5 nitrogen and oxygen atoms in total. The fraction of sp³-hybridized carbons (Fsp3) is 0.647. The Labute approximate surface area is 143 Å². The molecule has 1 aromatic heterocycles. The lowest BCUT2D eigenvalue weighted by Gasteiger charge is -2.22. The van der Waals surface area contributed by atoms with Gasteiger partial charge in [-0.25, -0.2) is 4.79 Å². The summed E-state index contributed by atoms with van der Waals surface area (Å²) in [5, 5.41) is 3.49. The number of hydrogen-bond acceptors (Lipinski definition) is 4. The van der Waals surface area contributed by atoms with Gasteiger partial charge in [-0.15, -0.1) is 0 Å². The zero-order valence-corrected chi connectivity index (χ0v) is 15.2. The molecule has 128 valence electrons. The molecule has 1 aliphatic rings. The molecule has 1 fully saturated rings. The van der Waals surface area contributed by atoms with Crippen molar-refractivity contribution in [2.24, 2.45) is 5.92 Å². The van der Waals surface area contributed by atoms with Crippen LogP contribution in [-0.4, -0.2) is 65.5 Å². The number of thioether (sulfide) groups is 1. The molecule has 2 amide bonds. The Bertz CT molecular complexity index is 485. The van der Waals surface area contributed by atoms with Crippen LogP contribution >= 0.6 is 11.8 Å². The highest BCUT2D eigenvalue weighted by atomic mass is 32.2. The zero-order valence-electron chi connectivity index (χ0n) is 14.4. The molecule has 2 heterocycles. The maximum absolute atomic E-state index is 12.2. The number of likely N-dealkylation sites (tertiary alicyclic amines) is 1. The third-order valence-electron chi connectivity index (χ3n) is 4.26. The fourth-order valence-electron chi connectivity index (χ4n) is 2.90. The highest BCUT2D eigenvalue weighted by molar-refractivity contribution is 7.99. The van der Waals surface area contributed by atoms with Gasteiger partial charge >= 0.3 is 6.03 Å². The summed E-state index contributed by atoms with van der Waals surface area (Å²) in [5.41, 5.74) is 1.23.